The third kappa shape index (κ3) is 2.09. The van der Waals surface area contributed by atoms with Crippen molar-refractivity contribution in [3.8, 4) is 0 Å². The number of benzene rings is 1. The number of rotatable bonds is 3. The third-order valence-electron chi connectivity index (χ3n) is 5.24. The molecule has 4 unspecified atom stereocenters. The van der Waals surface area contributed by atoms with Gasteiger partial charge in [-0.15, -0.1) is 0 Å². The lowest BCUT2D eigenvalue weighted by atomic mass is 9.80. The van der Waals surface area contributed by atoms with Crippen molar-refractivity contribution < 1.29 is 0 Å². The summed E-state index contributed by atoms with van der Waals surface area (Å²) in [4.78, 5) is 0. The SMILES string of the molecule is CC(C)c1ccc(C(N)C2CC3CCC2C3)cc1. The van der Waals surface area contributed by atoms with E-state index >= 15 is 0 Å². The molecule has 0 radical (unpaired) electrons. The molecule has 1 aromatic rings. The largest absolute Gasteiger partial charge is 0.324 e. The molecule has 2 bridgehead atoms. The van der Waals surface area contributed by atoms with Gasteiger partial charge in [-0.25, -0.2) is 0 Å². The van der Waals surface area contributed by atoms with Crippen LogP contribution in [0, 0.1) is 17.8 Å². The molecular formula is C17H25N. The average Bonchev–Trinajstić information content (AvgIpc) is 3.00. The molecule has 1 heteroatoms. The van der Waals surface area contributed by atoms with Crippen molar-refractivity contribution in [3.63, 3.8) is 0 Å². The minimum atomic E-state index is 0.265. The lowest BCUT2D eigenvalue weighted by Gasteiger charge is -2.28. The Morgan fingerprint density at radius 3 is 2.17 bits per heavy atom. The van der Waals surface area contributed by atoms with Gasteiger partial charge in [-0.3, -0.25) is 0 Å². The first-order valence-electron chi connectivity index (χ1n) is 7.50. The Balaban J connectivity index is 1.74. The first-order valence-corrected chi connectivity index (χ1v) is 7.50. The number of nitrogens with two attached hydrogens (primary N) is 1. The highest BCUT2D eigenvalue weighted by atomic mass is 14.7. The lowest BCUT2D eigenvalue weighted by molar-refractivity contribution is 0.284. The molecule has 0 amide bonds. The van der Waals surface area contributed by atoms with E-state index in [2.05, 4.69) is 38.1 Å². The van der Waals surface area contributed by atoms with Crippen LogP contribution in [0.4, 0.5) is 0 Å². The maximum absolute atomic E-state index is 6.51. The van der Waals surface area contributed by atoms with Crippen molar-refractivity contribution >= 4 is 0 Å². The number of hydrogen-bond acceptors (Lipinski definition) is 1. The van der Waals surface area contributed by atoms with Gasteiger partial charge in [-0.1, -0.05) is 44.5 Å². The smallest absolute Gasteiger partial charge is 0.0326 e. The van der Waals surface area contributed by atoms with E-state index in [1.54, 1.807) is 0 Å². The van der Waals surface area contributed by atoms with E-state index in [0.29, 0.717) is 5.92 Å². The van der Waals surface area contributed by atoms with Gasteiger partial charge in [0.05, 0.1) is 0 Å². The van der Waals surface area contributed by atoms with Crippen molar-refractivity contribution in [1.82, 2.24) is 0 Å². The van der Waals surface area contributed by atoms with Gasteiger partial charge in [0.1, 0.15) is 0 Å². The van der Waals surface area contributed by atoms with Crippen LogP contribution in [0.25, 0.3) is 0 Å². The molecular weight excluding hydrogens is 218 g/mol. The van der Waals surface area contributed by atoms with E-state index in [0.717, 1.165) is 17.8 Å². The molecule has 0 saturated heterocycles. The Kier molecular flexibility index (Phi) is 3.19. The molecule has 4 atom stereocenters. The molecule has 1 aromatic carbocycles. The Morgan fingerprint density at radius 1 is 1.00 bits per heavy atom. The molecule has 0 heterocycles. The van der Waals surface area contributed by atoms with Crippen LogP contribution in [0.5, 0.6) is 0 Å². The van der Waals surface area contributed by atoms with E-state index in [9.17, 15) is 0 Å². The van der Waals surface area contributed by atoms with E-state index in [4.69, 9.17) is 5.73 Å². The summed E-state index contributed by atoms with van der Waals surface area (Å²) in [7, 11) is 0. The second-order valence-corrected chi connectivity index (χ2v) is 6.69. The Bertz CT molecular complexity index is 406. The predicted octanol–water partition coefficient (Wildman–Crippen LogP) is 4.25. The van der Waals surface area contributed by atoms with Gasteiger partial charge in [0.2, 0.25) is 0 Å². The summed E-state index contributed by atoms with van der Waals surface area (Å²) >= 11 is 0. The standard InChI is InChI=1S/C17H25N/c1-11(2)13-5-7-14(8-6-13)17(18)16-10-12-3-4-15(16)9-12/h5-8,11-12,15-17H,3-4,9-10,18H2,1-2H3. The Morgan fingerprint density at radius 2 is 1.67 bits per heavy atom. The molecule has 3 rings (SSSR count). The first kappa shape index (κ1) is 12.2. The molecule has 98 valence electrons. The molecule has 0 aliphatic heterocycles. The van der Waals surface area contributed by atoms with Crippen LogP contribution in [0.3, 0.4) is 0 Å². The van der Waals surface area contributed by atoms with Crippen LogP contribution in [-0.4, -0.2) is 0 Å². The lowest BCUT2D eigenvalue weighted by Crippen LogP contribution is -2.25. The summed E-state index contributed by atoms with van der Waals surface area (Å²) < 4.78 is 0. The minimum absolute atomic E-state index is 0.265. The van der Waals surface area contributed by atoms with Gasteiger partial charge in [-0.05, 0) is 54.1 Å². The third-order valence-corrected chi connectivity index (χ3v) is 5.24. The van der Waals surface area contributed by atoms with Crippen LogP contribution in [-0.2, 0) is 0 Å². The number of fused-ring (bicyclic) bond motifs is 2. The zero-order valence-electron chi connectivity index (χ0n) is 11.6. The molecule has 0 spiro atoms. The highest BCUT2D eigenvalue weighted by Gasteiger charge is 2.42. The minimum Gasteiger partial charge on any atom is -0.324 e. The van der Waals surface area contributed by atoms with Crippen LogP contribution in [0.2, 0.25) is 0 Å². The fourth-order valence-electron chi connectivity index (χ4n) is 4.08. The van der Waals surface area contributed by atoms with Gasteiger partial charge < -0.3 is 5.73 Å². The first-order chi connectivity index (χ1) is 8.65. The normalized spacial score (nSPS) is 32.1. The van der Waals surface area contributed by atoms with Gasteiger partial charge in [-0.2, -0.15) is 0 Å². The van der Waals surface area contributed by atoms with Crippen LogP contribution < -0.4 is 5.73 Å². The van der Waals surface area contributed by atoms with Gasteiger partial charge >= 0.3 is 0 Å². The van der Waals surface area contributed by atoms with E-state index in [1.165, 1.54) is 36.8 Å². The molecule has 0 aromatic heterocycles. The van der Waals surface area contributed by atoms with Crippen molar-refractivity contribution in [2.45, 2.75) is 51.5 Å². The summed E-state index contributed by atoms with van der Waals surface area (Å²) in [6.45, 7) is 4.48. The maximum atomic E-state index is 6.51. The number of hydrogen-bond donors (Lipinski definition) is 1. The van der Waals surface area contributed by atoms with Gasteiger partial charge in [0.25, 0.3) is 0 Å². The summed E-state index contributed by atoms with van der Waals surface area (Å²) in [5.41, 5.74) is 9.27. The van der Waals surface area contributed by atoms with Crippen LogP contribution in [0.1, 0.15) is 62.6 Å². The van der Waals surface area contributed by atoms with E-state index in [-0.39, 0.29) is 6.04 Å². The molecule has 18 heavy (non-hydrogen) atoms. The van der Waals surface area contributed by atoms with E-state index < -0.39 is 0 Å². The summed E-state index contributed by atoms with van der Waals surface area (Å²) in [5, 5.41) is 0. The highest BCUT2D eigenvalue weighted by molar-refractivity contribution is 5.27. The fraction of sp³-hybridized carbons (Fsp3) is 0.647. The van der Waals surface area contributed by atoms with E-state index in [1.807, 2.05) is 0 Å². The topological polar surface area (TPSA) is 26.0 Å². The zero-order chi connectivity index (χ0) is 12.7. The maximum Gasteiger partial charge on any atom is 0.0326 e. The molecule has 2 aliphatic carbocycles. The van der Waals surface area contributed by atoms with Crippen molar-refractivity contribution in [3.05, 3.63) is 35.4 Å². The van der Waals surface area contributed by atoms with Crippen LogP contribution in [0.15, 0.2) is 24.3 Å². The average molecular weight is 243 g/mol. The molecule has 2 N–H and O–H groups in total. The molecule has 1 nitrogen and oxygen atoms in total. The highest BCUT2D eigenvalue weighted by Crippen LogP contribution is 2.51. The Hall–Kier alpha value is -0.820. The Labute approximate surface area is 111 Å². The van der Waals surface area contributed by atoms with Crippen molar-refractivity contribution in [2.24, 2.45) is 23.5 Å². The second kappa shape index (κ2) is 4.70. The second-order valence-electron chi connectivity index (χ2n) is 6.69. The van der Waals surface area contributed by atoms with Crippen LogP contribution >= 0.6 is 0 Å². The van der Waals surface area contributed by atoms with Crippen molar-refractivity contribution in [1.29, 1.82) is 0 Å². The predicted molar refractivity (Wildman–Crippen MR) is 76.4 cm³/mol. The van der Waals surface area contributed by atoms with Crippen molar-refractivity contribution in [2.75, 3.05) is 0 Å². The molecule has 2 saturated carbocycles. The molecule has 2 aliphatic rings. The van der Waals surface area contributed by atoms with Gasteiger partial charge in [0, 0.05) is 6.04 Å². The summed E-state index contributed by atoms with van der Waals surface area (Å²) in [6, 6.07) is 9.29. The fourth-order valence-corrected chi connectivity index (χ4v) is 4.08. The quantitative estimate of drug-likeness (QED) is 0.844. The zero-order valence-corrected chi connectivity index (χ0v) is 11.6. The summed E-state index contributed by atoms with van der Waals surface area (Å²) in [6.07, 6.45) is 5.70. The summed E-state index contributed by atoms with van der Waals surface area (Å²) in [5.74, 6) is 3.25. The monoisotopic (exact) mass is 243 g/mol. The van der Waals surface area contributed by atoms with Gasteiger partial charge in [0.15, 0.2) is 0 Å². The molecule has 2 fully saturated rings.